The minimum Gasteiger partial charge on any atom is -0.356 e. The highest BCUT2D eigenvalue weighted by atomic mass is 16.1. The van der Waals surface area contributed by atoms with Gasteiger partial charge in [-0.3, -0.25) is 4.79 Å². The first kappa shape index (κ1) is 16.3. The van der Waals surface area contributed by atoms with Gasteiger partial charge in [-0.1, -0.05) is 50.7 Å². The highest BCUT2D eigenvalue weighted by Crippen LogP contribution is 2.10. The van der Waals surface area contributed by atoms with E-state index in [0.29, 0.717) is 0 Å². The minimum absolute atomic E-state index is 0.254. The van der Waals surface area contributed by atoms with Crippen LogP contribution in [0.15, 0.2) is 12.2 Å². The molecule has 0 aromatic carbocycles. The third-order valence-corrected chi connectivity index (χ3v) is 3.81. The second kappa shape index (κ2) is 12.3. The molecule has 1 N–H and O–H groups in total. The Morgan fingerprint density at radius 3 is 1.89 bits per heavy atom. The molecule has 0 bridgehead atoms. The van der Waals surface area contributed by atoms with Gasteiger partial charge in [-0.05, 0) is 38.5 Å². The molecular formula is C17H31NO. The summed E-state index contributed by atoms with van der Waals surface area (Å²) in [5.74, 6) is 0.254. The van der Waals surface area contributed by atoms with Crippen molar-refractivity contribution < 1.29 is 4.79 Å². The maximum Gasteiger partial charge on any atom is 0.219 e. The van der Waals surface area contributed by atoms with Gasteiger partial charge >= 0.3 is 0 Å². The molecule has 1 heterocycles. The van der Waals surface area contributed by atoms with E-state index in [1.54, 1.807) is 0 Å². The lowest BCUT2D eigenvalue weighted by atomic mass is 10.1. The molecule has 0 aromatic heterocycles. The molecule has 2 nitrogen and oxygen atoms in total. The molecule has 0 aliphatic carbocycles. The van der Waals surface area contributed by atoms with Crippen molar-refractivity contribution in [1.82, 2.24) is 5.32 Å². The summed E-state index contributed by atoms with van der Waals surface area (Å²) in [6.45, 7) is 0.870. The van der Waals surface area contributed by atoms with Crippen LogP contribution in [0, 0.1) is 0 Å². The van der Waals surface area contributed by atoms with Crippen molar-refractivity contribution in [2.45, 2.75) is 83.5 Å². The lowest BCUT2D eigenvalue weighted by Crippen LogP contribution is -2.23. The van der Waals surface area contributed by atoms with Crippen LogP contribution in [-0.2, 0) is 4.79 Å². The fourth-order valence-corrected chi connectivity index (χ4v) is 2.55. The summed E-state index contributed by atoms with van der Waals surface area (Å²) in [7, 11) is 0. The quantitative estimate of drug-likeness (QED) is 0.629. The summed E-state index contributed by atoms with van der Waals surface area (Å²) in [6, 6.07) is 0. The normalized spacial score (nSPS) is 22.2. The lowest BCUT2D eigenvalue weighted by Gasteiger charge is -2.05. The first-order chi connectivity index (χ1) is 9.39. The predicted molar refractivity (Wildman–Crippen MR) is 82.2 cm³/mol. The first-order valence-electron chi connectivity index (χ1n) is 8.31. The molecule has 1 amide bonds. The van der Waals surface area contributed by atoms with Gasteiger partial charge in [0.05, 0.1) is 0 Å². The standard InChI is InChI=1S/C17H31NO/c19-17-15-13-11-9-7-5-3-1-2-4-6-8-10-12-14-16-18-17/h2,4H,1,3,5-16H2,(H,18,19). The number of rotatable bonds is 0. The maximum atomic E-state index is 11.6. The van der Waals surface area contributed by atoms with Gasteiger partial charge in [0.2, 0.25) is 5.91 Å². The SMILES string of the molecule is O=C1CCCCCCCCC=CCCCCCCN1. The fourth-order valence-electron chi connectivity index (χ4n) is 2.55. The van der Waals surface area contributed by atoms with Crippen LogP contribution in [0.2, 0.25) is 0 Å². The Labute approximate surface area is 119 Å². The van der Waals surface area contributed by atoms with Crippen LogP contribution in [-0.4, -0.2) is 12.5 Å². The largest absolute Gasteiger partial charge is 0.356 e. The van der Waals surface area contributed by atoms with Crippen LogP contribution >= 0.6 is 0 Å². The van der Waals surface area contributed by atoms with Gasteiger partial charge in [-0.25, -0.2) is 0 Å². The van der Waals surface area contributed by atoms with Crippen LogP contribution in [0.4, 0.5) is 0 Å². The molecule has 110 valence electrons. The zero-order valence-corrected chi connectivity index (χ0v) is 12.5. The van der Waals surface area contributed by atoms with Crippen LogP contribution < -0.4 is 5.32 Å². The zero-order chi connectivity index (χ0) is 13.6. The fraction of sp³-hybridized carbons (Fsp3) is 0.824. The zero-order valence-electron chi connectivity index (χ0n) is 12.5. The molecule has 0 atom stereocenters. The molecule has 2 heteroatoms. The van der Waals surface area contributed by atoms with Crippen LogP contribution in [0.25, 0.3) is 0 Å². The summed E-state index contributed by atoms with van der Waals surface area (Å²) < 4.78 is 0. The molecule has 0 unspecified atom stereocenters. The Balaban J connectivity index is 2.16. The van der Waals surface area contributed by atoms with E-state index in [4.69, 9.17) is 0 Å². The van der Waals surface area contributed by atoms with Crippen LogP contribution in [0.1, 0.15) is 83.5 Å². The molecule has 1 aliphatic rings. The Kier molecular flexibility index (Phi) is 10.5. The number of hydrogen-bond donors (Lipinski definition) is 1. The van der Waals surface area contributed by atoms with Gasteiger partial charge in [-0.15, -0.1) is 0 Å². The molecule has 0 spiro atoms. The van der Waals surface area contributed by atoms with E-state index in [1.165, 1.54) is 64.2 Å². The van der Waals surface area contributed by atoms with Crippen molar-refractivity contribution in [3.05, 3.63) is 12.2 Å². The van der Waals surface area contributed by atoms with Crippen LogP contribution in [0.3, 0.4) is 0 Å². The maximum absolute atomic E-state index is 11.6. The van der Waals surface area contributed by atoms with E-state index in [9.17, 15) is 4.79 Å². The summed E-state index contributed by atoms with van der Waals surface area (Å²) >= 11 is 0. The average molecular weight is 265 g/mol. The topological polar surface area (TPSA) is 29.1 Å². The number of allylic oxidation sites excluding steroid dienone is 2. The van der Waals surface area contributed by atoms with Crippen molar-refractivity contribution in [3.8, 4) is 0 Å². The summed E-state index contributed by atoms with van der Waals surface area (Å²) in [6.07, 6.45) is 20.5. The molecule has 1 rings (SSSR count). The molecule has 0 fully saturated rings. The Morgan fingerprint density at radius 2 is 1.21 bits per heavy atom. The summed E-state index contributed by atoms with van der Waals surface area (Å²) in [5, 5.41) is 3.03. The molecule has 0 aromatic rings. The number of nitrogens with one attached hydrogen (secondary N) is 1. The predicted octanol–water partition coefficient (Wildman–Crippen LogP) is 4.74. The van der Waals surface area contributed by atoms with Crippen LogP contribution in [0.5, 0.6) is 0 Å². The summed E-state index contributed by atoms with van der Waals surface area (Å²) in [5.41, 5.74) is 0. The lowest BCUT2D eigenvalue weighted by molar-refractivity contribution is -0.121. The van der Waals surface area contributed by atoms with Crippen molar-refractivity contribution in [2.24, 2.45) is 0 Å². The highest BCUT2D eigenvalue weighted by molar-refractivity contribution is 5.75. The second-order valence-electron chi connectivity index (χ2n) is 5.68. The average Bonchev–Trinajstić information content (AvgIpc) is 2.41. The number of amides is 1. The second-order valence-corrected chi connectivity index (χ2v) is 5.68. The highest BCUT2D eigenvalue weighted by Gasteiger charge is 2.00. The van der Waals surface area contributed by atoms with Gasteiger partial charge < -0.3 is 5.32 Å². The van der Waals surface area contributed by atoms with E-state index in [0.717, 1.165) is 25.8 Å². The van der Waals surface area contributed by atoms with Gasteiger partial charge in [0.15, 0.2) is 0 Å². The molecule has 1 aliphatic heterocycles. The minimum atomic E-state index is 0.254. The third kappa shape index (κ3) is 10.8. The van der Waals surface area contributed by atoms with Crippen molar-refractivity contribution in [1.29, 1.82) is 0 Å². The molecule has 0 saturated carbocycles. The smallest absolute Gasteiger partial charge is 0.219 e. The molecule has 0 radical (unpaired) electrons. The Hall–Kier alpha value is -0.790. The van der Waals surface area contributed by atoms with Crippen molar-refractivity contribution in [2.75, 3.05) is 6.54 Å². The van der Waals surface area contributed by atoms with Gasteiger partial charge in [-0.2, -0.15) is 0 Å². The monoisotopic (exact) mass is 265 g/mol. The molecule has 0 saturated heterocycles. The van der Waals surface area contributed by atoms with E-state index in [2.05, 4.69) is 17.5 Å². The number of hydrogen-bond acceptors (Lipinski definition) is 1. The van der Waals surface area contributed by atoms with Gasteiger partial charge in [0, 0.05) is 13.0 Å². The van der Waals surface area contributed by atoms with Crippen molar-refractivity contribution in [3.63, 3.8) is 0 Å². The van der Waals surface area contributed by atoms with Gasteiger partial charge in [0.1, 0.15) is 0 Å². The van der Waals surface area contributed by atoms with Gasteiger partial charge in [0.25, 0.3) is 0 Å². The van der Waals surface area contributed by atoms with E-state index in [1.807, 2.05) is 0 Å². The van der Waals surface area contributed by atoms with Crippen molar-refractivity contribution >= 4 is 5.91 Å². The van der Waals surface area contributed by atoms with E-state index < -0.39 is 0 Å². The summed E-state index contributed by atoms with van der Waals surface area (Å²) in [4.78, 5) is 11.6. The van der Waals surface area contributed by atoms with E-state index >= 15 is 0 Å². The third-order valence-electron chi connectivity index (χ3n) is 3.81. The molecular weight excluding hydrogens is 234 g/mol. The number of carbonyl (C=O) groups excluding carboxylic acids is 1. The molecule has 19 heavy (non-hydrogen) atoms. The van der Waals surface area contributed by atoms with E-state index in [-0.39, 0.29) is 5.91 Å². The Bertz CT molecular complexity index is 248. The number of carbonyl (C=O) groups is 1. The first-order valence-corrected chi connectivity index (χ1v) is 8.31. The Morgan fingerprint density at radius 1 is 0.684 bits per heavy atom.